The first kappa shape index (κ1) is 8.85. The van der Waals surface area contributed by atoms with Crippen molar-refractivity contribution in [3.63, 3.8) is 0 Å². The molecule has 0 atom stereocenters. The molecule has 1 aromatic carbocycles. The van der Waals surface area contributed by atoms with Crippen LogP contribution in [0.5, 0.6) is 0 Å². The second-order valence-corrected chi connectivity index (χ2v) is 2.68. The summed E-state index contributed by atoms with van der Waals surface area (Å²) in [6.45, 7) is 5.94. The van der Waals surface area contributed by atoms with Crippen molar-refractivity contribution in [2.45, 2.75) is 13.3 Å². The van der Waals surface area contributed by atoms with Gasteiger partial charge in [-0.2, -0.15) is 0 Å². The number of nitrogens with one attached hydrogen (secondary N) is 1. The van der Waals surface area contributed by atoms with Crippen LogP contribution in [-0.2, 0) is 6.42 Å². The Balaban J connectivity index is 3.21. The molecule has 1 aromatic rings. The topological polar surface area (TPSA) is 12.0 Å². The van der Waals surface area contributed by atoms with Gasteiger partial charge in [-0.3, -0.25) is 0 Å². The van der Waals surface area contributed by atoms with Gasteiger partial charge in [0, 0.05) is 12.7 Å². The van der Waals surface area contributed by atoms with Crippen LogP contribution < -0.4 is 5.32 Å². The Labute approximate surface area is 74.1 Å². The van der Waals surface area contributed by atoms with Gasteiger partial charge in [0.2, 0.25) is 0 Å². The van der Waals surface area contributed by atoms with E-state index in [1.165, 1.54) is 16.8 Å². The molecule has 0 fully saturated rings. The van der Waals surface area contributed by atoms with Gasteiger partial charge < -0.3 is 5.32 Å². The molecule has 0 amide bonds. The maximum absolute atomic E-state index is 3.79. The third-order valence-electron chi connectivity index (χ3n) is 2.06. The summed E-state index contributed by atoms with van der Waals surface area (Å²) in [4.78, 5) is 0. The van der Waals surface area contributed by atoms with Crippen LogP contribution in [0.25, 0.3) is 6.08 Å². The van der Waals surface area contributed by atoms with Gasteiger partial charge in [0.25, 0.3) is 0 Å². The zero-order valence-electron chi connectivity index (χ0n) is 7.72. The van der Waals surface area contributed by atoms with Crippen molar-refractivity contribution >= 4 is 11.8 Å². The molecule has 0 unspecified atom stereocenters. The van der Waals surface area contributed by atoms with Gasteiger partial charge in [-0.05, 0) is 23.6 Å². The quantitative estimate of drug-likeness (QED) is 0.718. The predicted octanol–water partition coefficient (Wildman–Crippen LogP) is 2.93. The molecule has 0 aromatic heterocycles. The van der Waals surface area contributed by atoms with Gasteiger partial charge >= 0.3 is 0 Å². The van der Waals surface area contributed by atoms with Gasteiger partial charge in [-0.25, -0.2) is 0 Å². The third kappa shape index (κ3) is 1.50. The van der Waals surface area contributed by atoms with Crippen molar-refractivity contribution in [2.75, 3.05) is 12.4 Å². The van der Waals surface area contributed by atoms with Crippen LogP contribution in [0.2, 0.25) is 0 Å². The highest BCUT2D eigenvalue weighted by molar-refractivity contribution is 5.63. The molecule has 64 valence electrons. The fourth-order valence-electron chi connectivity index (χ4n) is 1.42. The van der Waals surface area contributed by atoms with Crippen LogP contribution >= 0.6 is 0 Å². The van der Waals surface area contributed by atoms with Gasteiger partial charge in [-0.15, -0.1) is 0 Å². The monoisotopic (exact) mass is 161 g/mol. The summed E-state index contributed by atoms with van der Waals surface area (Å²) in [5.41, 5.74) is 3.77. The zero-order valence-corrected chi connectivity index (χ0v) is 7.72. The largest absolute Gasteiger partial charge is 0.388 e. The third-order valence-corrected chi connectivity index (χ3v) is 2.06. The Kier molecular flexibility index (Phi) is 2.92. The average molecular weight is 161 g/mol. The van der Waals surface area contributed by atoms with Crippen LogP contribution in [0, 0.1) is 0 Å². The highest BCUT2D eigenvalue weighted by atomic mass is 14.8. The Morgan fingerprint density at radius 1 is 1.50 bits per heavy atom. The highest BCUT2D eigenvalue weighted by Crippen LogP contribution is 2.20. The Morgan fingerprint density at radius 3 is 2.75 bits per heavy atom. The van der Waals surface area contributed by atoms with Gasteiger partial charge in [-0.1, -0.05) is 31.7 Å². The number of hydrogen-bond donors (Lipinski definition) is 1. The van der Waals surface area contributed by atoms with Crippen LogP contribution in [0.4, 0.5) is 5.69 Å². The summed E-state index contributed by atoms with van der Waals surface area (Å²) in [6.07, 6.45) is 2.94. The molecule has 1 rings (SSSR count). The molecular weight excluding hydrogens is 146 g/mol. The first-order chi connectivity index (χ1) is 5.83. The molecule has 1 heteroatoms. The molecule has 1 N–H and O–H groups in total. The van der Waals surface area contributed by atoms with Crippen molar-refractivity contribution in [2.24, 2.45) is 0 Å². The second kappa shape index (κ2) is 3.96. The number of rotatable bonds is 3. The minimum Gasteiger partial charge on any atom is -0.388 e. The van der Waals surface area contributed by atoms with E-state index in [0.717, 1.165) is 6.42 Å². The maximum atomic E-state index is 3.79. The lowest BCUT2D eigenvalue weighted by atomic mass is 10.0. The first-order valence-corrected chi connectivity index (χ1v) is 4.25. The lowest BCUT2D eigenvalue weighted by Gasteiger charge is -2.09. The van der Waals surface area contributed by atoms with Crippen molar-refractivity contribution in [1.82, 2.24) is 0 Å². The van der Waals surface area contributed by atoms with E-state index in [9.17, 15) is 0 Å². The van der Waals surface area contributed by atoms with Crippen LogP contribution in [0.3, 0.4) is 0 Å². The van der Waals surface area contributed by atoms with E-state index in [4.69, 9.17) is 0 Å². The fourth-order valence-corrected chi connectivity index (χ4v) is 1.42. The van der Waals surface area contributed by atoms with Gasteiger partial charge in [0.1, 0.15) is 0 Å². The summed E-state index contributed by atoms with van der Waals surface area (Å²) < 4.78 is 0. The van der Waals surface area contributed by atoms with Gasteiger partial charge in [0.05, 0.1) is 0 Å². The van der Waals surface area contributed by atoms with Gasteiger partial charge in [0.15, 0.2) is 0 Å². The van der Waals surface area contributed by atoms with Crippen LogP contribution in [-0.4, -0.2) is 7.05 Å². The second-order valence-electron chi connectivity index (χ2n) is 2.68. The van der Waals surface area contributed by atoms with E-state index < -0.39 is 0 Å². The predicted molar refractivity (Wildman–Crippen MR) is 55.5 cm³/mol. The van der Waals surface area contributed by atoms with Crippen molar-refractivity contribution in [3.05, 3.63) is 35.9 Å². The molecule has 1 nitrogen and oxygen atoms in total. The number of benzene rings is 1. The summed E-state index contributed by atoms with van der Waals surface area (Å²) in [5, 5.41) is 3.17. The molecule has 0 saturated heterocycles. The molecule has 0 bridgehead atoms. The average Bonchev–Trinajstić information content (AvgIpc) is 2.16. The van der Waals surface area contributed by atoms with Crippen molar-refractivity contribution in [3.8, 4) is 0 Å². The van der Waals surface area contributed by atoms with E-state index in [0.29, 0.717) is 0 Å². The zero-order chi connectivity index (χ0) is 8.97. The maximum Gasteiger partial charge on any atom is 0.0376 e. The fraction of sp³-hybridized carbons (Fsp3) is 0.273. The molecule has 0 saturated carbocycles. The number of anilines is 1. The van der Waals surface area contributed by atoms with Crippen LogP contribution in [0.15, 0.2) is 24.8 Å². The van der Waals surface area contributed by atoms with Crippen LogP contribution in [0.1, 0.15) is 18.1 Å². The van der Waals surface area contributed by atoms with E-state index in [1.54, 1.807) is 0 Å². The van der Waals surface area contributed by atoms with E-state index in [1.807, 2.05) is 19.2 Å². The van der Waals surface area contributed by atoms with E-state index >= 15 is 0 Å². The first-order valence-electron chi connectivity index (χ1n) is 4.25. The lowest BCUT2D eigenvalue weighted by molar-refractivity contribution is 1.13. The Morgan fingerprint density at radius 2 is 2.25 bits per heavy atom. The lowest BCUT2D eigenvalue weighted by Crippen LogP contribution is -1.96. The van der Waals surface area contributed by atoms with E-state index in [-0.39, 0.29) is 0 Å². The molecule has 0 radical (unpaired) electrons. The molecule has 0 aliphatic heterocycles. The molecule has 0 spiro atoms. The molecule has 0 heterocycles. The summed E-state index contributed by atoms with van der Waals surface area (Å²) in [7, 11) is 1.95. The molecular formula is C11H15N. The minimum atomic E-state index is 1.04. The minimum absolute atomic E-state index is 1.04. The van der Waals surface area contributed by atoms with Crippen molar-refractivity contribution < 1.29 is 0 Å². The molecule has 0 aliphatic carbocycles. The smallest absolute Gasteiger partial charge is 0.0376 e. The van der Waals surface area contributed by atoms with E-state index in [2.05, 4.69) is 31.0 Å². The number of hydrogen-bond acceptors (Lipinski definition) is 1. The SMILES string of the molecule is C=Cc1cccc(NC)c1CC. The summed E-state index contributed by atoms with van der Waals surface area (Å²) in [6, 6.07) is 6.22. The molecule has 0 aliphatic rings. The summed E-state index contributed by atoms with van der Waals surface area (Å²) >= 11 is 0. The standard InChI is InChI=1S/C11H15N/c1-4-9-7-6-8-11(12-3)10(9)5-2/h4,6-8,12H,1,5H2,2-3H3. The molecule has 12 heavy (non-hydrogen) atoms. The summed E-state index contributed by atoms with van der Waals surface area (Å²) in [5.74, 6) is 0. The highest BCUT2D eigenvalue weighted by Gasteiger charge is 2.01. The van der Waals surface area contributed by atoms with Crippen molar-refractivity contribution in [1.29, 1.82) is 0 Å². The Hall–Kier alpha value is -1.24. The Bertz CT molecular complexity index is 276. The normalized spacial score (nSPS) is 9.50.